The van der Waals surface area contributed by atoms with Crippen LogP contribution in [-0.4, -0.2) is 18.2 Å². The van der Waals surface area contributed by atoms with Gasteiger partial charge < -0.3 is 14.6 Å². The van der Waals surface area contributed by atoms with Gasteiger partial charge in [-0.3, -0.25) is 0 Å². The summed E-state index contributed by atoms with van der Waals surface area (Å²) in [7, 11) is 1.58. The second-order valence-corrected chi connectivity index (χ2v) is 4.28. The summed E-state index contributed by atoms with van der Waals surface area (Å²) in [5.74, 6) is 0.762. The lowest BCUT2D eigenvalue weighted by molar-refractivity contribution is -0.130. The Hall–Kier alpha value is -2.75. The van der Waals surface area contributed by atoms with E-state index in [-0.39, 0.29) is 5.57 Å². The van der Waals surface area contributed by atoms with E-state index in [4.69, 9.17) is 9.47 Å². The molecule has 0 bridgehead atoms. The summed E-state index contributed by atoms with van der Waals surface area (Å²) in [5.41, 5.74) is 0.740. The first-order valence-corrected chi connectivity index (χ1v) is 6.46. The molecule has 21 heavy (non-hydrogen) atoms. The first kappa shape index (κ1) is 14.7. The summed E-state index contributed by atoms with van der Waals surface area (Å²) < 4.78 is 10.9. The summed E-state index contributed by atoms with van der Waals surface area (Å²) in [4.78, 5) is 11.3. The van der Waals surface area contributed by atoms with Gasteiger partial charge in [0, 0.05) is 11.6 Å². The molecule has 0 unspecified atom stereocenters. The maximum absolute atomic E-state index is 11.3. The zero-order chi connectivity index (χ0) is 15.2. The van der Waals surface area contributed by atoms with Gasteiger partial charge in [-0.25, -0.2) is 4.79 Å². The molecule has 108 valence electrons. The third kappa shape index (κ3) is 3.42. The van der Waals surface area contributed by atoms with Crippen LogP contribution in [0.15, 0.2) is 54.6 Å². The van der Waals surface area contributed by atoms with E-state index in [1.165, 1.54) is 0 Å². The fourth-order valence-corrected chi connectivity index (χ4v) is 1.96. The SMILES string of the molecule is CC=C(C(=O)O)c1ccccc1Oc1cccc(OC)c1. The molecule has 0 fully saturated rings. The number of carboxylic acids is 1. The number of benzene rings is 2. The molecule has 4 nitrogen and oxygen atoms in total. The minimum atomic E-state index is -0.987. The molecule has 2 aromatic rings. The zero-order valence-electron chi connectivity index (χ0n) is 11.9. The average Bonchev–Trinajstić information content (AvgIpc) is 2.49. The van der Waals surface area contributed by atoms with Crippen molar-refractivity contribution in [2.45, 2.75) is 6.92 Å². The Kier molecular flexibility index (Phi) is 4.61. The van der Waals surface area contributed by atoms with Crippen molar-refractivity contribution in [2.24, 2.45) is 0 Å². The first-order valence-electron chi connectivity index (χ1n) is 6.46. The Morgan fingerprint density at radius 2 is 1.81 bits per heavy atom. The predicted octanol–water partition coefficient (Wildman–Crippen LogP) is 3.98. The maximum atomic E-state index is 11.3. The number of methoxy groups -OCH3 is 1. The minimum absolute atomic E-state index is 0.202. The first-order chi connectivity index (χ1) is 10.2. The third-order valence-corrected chi connectivity index (χ3v) is 2.97. The van der Waals surface area contributed by atoms with Crippen LogP contribution in [0.1, 0.15) is 12.5 Å². The zero-order valence-corrected chi connectivity index (χ0v) is 11.9. The van der Waals surface area contributed by atoms with E-state index >= 15 is 0 Å². The monoisotopic (exact) mass is 284 g/mol. The third-order valence-electron chi connectivity index (χ3n) is 2.97. The van der Waals surface area contributed by atoms with Gasteiger partial charge in [0.15, 0.2) is 0 Å². The van der Waals surface area contributed by atoms with Gasteiger partial charge >= 0.3 is 5.97 Å². The molecule has 0 aliphatic carbocycles. The molecule has 0 aromatic heterocycles. The highest BCUT2D eigenvalue weighted by Gasteiger charge is 2.14. The molecule has 4 heteroatoms. The number of aliphatic carboxylic acids is 1. The van der Waals surface area contributed by atoms with Crippen LogP contribution in [0, 0.1) is 0 Å². The van der Waals surface area contributed by atoms with Gasteiger partial charge in [0.05, 0.1) is 12.7 Å². The van der Waals surface area contributed by atoms with Gasteiger partial charge in [-0.15, -0.1) is 0 Å². The fraction of sp³-hybridized carbons (Fsp3) is 0.118. The number of carboxylic acid groups (broad SMARTS) is 1. The average molecular weight is 284 g/mol. The van der Waals surface area contributed by atoms with E-state index in [1.54, 1.807) is 56.5 Å². The molecule has 0 atom stereocenters. The number of hydrogen-bond acceptors (Lipinski definition) is 3. The fourth-order valence-electron chi connectivity index (χ4n) is 1.96. The molecule has 0 radical (unpaired) electrons. The van der Waals surface area contributed by atoms with Crippen molar-refractivity contribution in [2.75, 3.05) is 7.11 Å². The van der Waals surface area contributed by atoms with Gasteiger partial charge in [0.1, 0.15) is 17.2 Å². The van der Waals surface area contributed by atoms with Crippen molar-refractivity contribution in [3.63, 3.8) is 0 Å². The normalized spacial score (nSPS) is 11.0. The lowest BCUT2D eigenvalue weighted by Gasteiger charge is -2.12. The lowest BCUT2D eigenvalue weighted by Crippen LogP contribution is -2.01. The highest BCUT2D eigenvalue weighted by atomic mass is 16.5. The molecular weight excluding hydrogens is 268 g/mol. The van der Waals surface area contributed by atoms with Crippen molar-refractivity contribution in [1.29, 1.82) is 0 Å². The number of ether oxygens (including phenoxy) is 2. The van der Waals surface area contributed by atoms with Crippen LogP contribution in [0.4, 0.5) is 0 Å². The summed E-state index contributed by atoms with van der Waals surface area (Å²) in [6, 6.07) is 14.2. The Morgan fingerprint density at radius 3 is 2.48 bits per heavy atom. The summed E-state index contributed by atoms with van der Waals surface area (Å²) in [6.45, 7) is 1.69. The van der Waals surface area contributed by atoms with E-state index in [2.05, 4.69) is 0 Å². The summed E-state index contributed by atoms with van der Waals surface area (Å²) >= 11 is 0. The standard InChI is InChI=1S/C17H16O4/c1-3-14(17(18)19)15-9-4-5-10-16(15)21-13-8-6-7-12(11-13)20-2/h3-11H,1-2H3,(H,18,19). The highest BCUT2D eigenvalue weighted by Crippen LogP contribution is 2.31. The van der Waals surface area contributed by atoms with E-state index in [0.717, 1.165) is 0 Å². The quantitative estimate of drug-likeness (QED) is 0.844. The Balaban J connectivity index is 2.38. The van der Waals surface area contributed by atoms with Crippen LogP contribution in [0.3, 0.4) is 0 Å². The van der Waals surface area contributed by atoms with Crippen LogP contribution >= 0.6 is 0 Å². The Morgan fingerprint density at radius 1 is 1.10 bits per heavy atom. The molecular formula is C17H16O4. The van der Waals surface area contributed by atoms with E-state index < -0.39 is 5.97 Å². The predicted molar refractivity (Wildman–Crippen MR) is 80.8 cm³/mol. The van der Waals surface area contributed by atoms with E-state index in [0.29, 0.717) is 22.8 Å². The lowest BCUT2D eigenvalue weighted by atomic mass is 10.0. The minimum Gasteiger partial charge on any atom is -0.497 e. The van der Waals surface area contributed by atoms with E-state index in [9.17, 15) is 9.90 Å². The second kappa shape index (κ2) is 6.61. The molecule has 0 aliphatic heterocycles. The second-order valence-electron chi connectivity index (χ2n) is 4.28. The van der Waals surface area contributed by atoms with Crippen LogP contribution in [0.25, 0.3) is 5.57 Å². The van der Waals surface area contributed by atoms with Crippen LogP contribution in [0.2, 0.25) is 0 Å². The summed E-state index contributed by atoms with van der Waals surface area (Å²) in [6.07, 6.45) is 1.55. The van der Waals surface area contributed by atoms with Crippen molar-refractivity contribution in [1.82, 2.24) is 0 Å². The molecule has 1 N–H and O–H groups in total. The highest BCUT2D eigenvalue weighted by molar-refractivity contribution is 6.16. The maximum Gasteiger partial charge on any atom is 0.336 e. The van der Waals surface area contributed by atoms with Crippen molar-refractivity contribution in [3.8, 4) is 17.2 Å². The topological polar surface area (TPSA) is 55.8 Å². The molecule has 0 heterocycles. The van der Waals surface area contributed by atoms with E-state index in [1.807, 2.05) is 12.1 Å². The van der Waals surface area contributed by atoms with Crippen LogP contribution in [-0.2, 0) is 4.79 Å². The Labute approximate surface area is 123 Å². The molecule has 0 aliphatic rings. The van der Waals surface area contributed by atoms with Crippen LogP contribution in [0.5, 0.6) is 17.2 Å². The smallest absolute Gasteiger partial charge is 0.336 e. The van der Waals surface area contributed by atoms with Gasteiger partial charge in [-0.05, 0) is 25.1 Å². The largest absolute Gasteiger partial charge is 0.497 e. The van der Waals surface area contributed by atoms with Crippen LogP contribution < -0.4 is 9.47 Å². The van der Waals surface area contributed by atoms with Crippen molar-refractivity contribution < 1.29 is 19.4 Å². The number of allylic oxidation sites excluding steroid dienone is 1. The molecule has 2 aromatic carbocycles. The molecule has 0 spiro atoms. The van der Waals surface area contributed by atoms with Gasteiger partial charge in [-0.1, -0.05) is 30.3 Å². The number of hydrogen-bond donors (Lipinski definition) is 1. The Bertz CT molecular complexity index is 674. The molecule has 2 rings (SSSR count). The van der Waals surface area contributed by atoms with Gasteiger partial charge in [0.2, 0.25) is 0 Å². The number of rotatable bonds is 5. The molecule has 0 saturated heterocycles. The number of para-hydroxylation sites is 1. The summed E-state index contributed by atoms with van der Waals surface area (Å²) in [5, 5.41) is 9.26. The van der Waals surface area contributed by atoms with Crippen molar-refractivity contribution in [3.05, 3.63) is 60.2 Å². The van der Waals surface area contributed by atoms with Crippen molar-refractivity contribution >= 4 is 11.5 Å². The molecule has 0 amide bonds. The van der Waals surface area contributed by atoms with Gasteiger partial charge in [0.25, 0.3) is 0 Å². The van der Waals surface area contributed by atoms with Gasteiger partial charge in [-0.2, -0.15) is 0 Å². The molecule has 0 saturated carbocycles. The number of carbonyl (C=O) groups is 1.